The summed E-state index contributed by atoms with van der Waals surface area (Å²) < 4.78 is 77.3. The van der Waals surface area contributed by atoms with Crippen LogP contribution in [0.1, 0.15) is 25.2 Å². The third-order valence-electron chi connectivity index (χ3n) is 5.71. The lowest BCUT2D eigenvalue weighted by Crippen LogP contribution is -2.59. The zero-order valence-corrected chi connectivity index (χ0v) is 19.1. The summed E-state index contributed by atoms with van der Waals surface area (Å²) in [5, 5.41) is 0. The van der Waals surface area contributed by atoms with Crippen molar-refractivity contribution in [1.29, 1.82) is 0 Å². The zero-order valence-electron chi connectivity index (χ0n) is 19.1. The number of quaternary nitrogens is 1. The number of rotatable bonds is 5. The van der Waals surface area contributed by atoms with Crippen molar-refractivity contribution >= 4 is 34.6 Å². The quantitative estimate of drug-likeness (QED) is 0.296. The topological polar surface area (TPSA) is 105 Å². The van der Waals surface area contributed by atoms with E-state index in [-0.39, 0.29) is 22.3 Å². The molecule has 1 fully saturated rings. The highest BCUT2D eigenvalue weighted by Crippen LogP contribution is 2.40. The van der Waals surface area contributed by atoms with E-state index in [2.05, 4.69) is 9.97 Å². The van der Waals surface area contributed by atoms with E-state index in [1.54, 1.807) is 0 Å². The fraction of sp³-hybridized carbons (Fsp3) is 0.318. The number of halogens is 6. The minimum absolute atomic E-state index is 0.128. The molecular formula is C22H18F6N5O4+. The smallest absolute Gasteiger partial charge is 0.334 e. The van der Waals surface area contributed by atoms with Gasteiger partial charge in [-0.1, -0.05) is 13.8 Å². The highest BCUT2D eigenvalue weighted by Gasteiger charge is 2.67. The van der Waals surface area contributed by atoms with Crippen LogP contribution in [0.5, 0.6) is 0 Å². The number of alkyl halides is 6. The molecule has 15 heteroatoms. The Morgan fingerprint density at radius 1 is 1.11 bits per heavy atom. The highest BCUT2D eigenvalue weighted by molar-refractivity contribution is 6.18. The number of pyridine rings is 1. The molecule has 196 valence electrons. The number of hydrogen-bond acceptors (Lipinski definition) is 6. The van der Waals surface area contributed by atoms with Gasteiger partial charge in [0.2, 0.25) is 11.9 Å². The van der Waals surface area contributed by atoms with Crippen LogP contribution in [0, 0.1) is 5.92 Å². The van der Waals surface area contributed by atoms with Gasteiger partial charge in [-0.3, -0.25) is 14.6 Å². The summed E-state index contributed by atoms with van der Waals surface area (Å²) in [5.41, 5.74) is -0.324. The van der Waals surface area contributed by atoms with E-state index in [9.17, 15) is 40.7 Å². The summed E-state index contributed by atoms with van der Waals surface area (Å²) in [6.07, 6.45) is -7.69. The number of nitrogens with one attached hydrogen (secondary N) is 1. The van der Waals surface area contributed by atoms with Gasteiger partial charge in [0, 0.05) is 23.9 Å². The van der Waals surface area contributed by atoms with Gasteiger partial charge < -0.3 is 4.98 Å². The van der Waals surface area contributed by atoms with Crippen molar-refractivity contribution in [2.24, 2.45) is 5.92 Å². The number of benzene rings is 1. The number of H-pyrrole nitrogens is 1. The van der Waals surface area contributed by atoms with Crippen LogP contribution < -0.4 is 4.90 Å². The number of urea groups is 1. The van der Waals surface area contributed by atoms with Gasteiger partial charge in [-0.15, -0.1) is 0 Å². The molecule has 2 aromatic heterocycles. The number of amides is 3. The molecule has 0 bridgehead atoms. The number of carbonyl (C=O) groups is 3. The number of imide groups is 1. The highest BCUT2D eigenvalue weighted by atomic mass is 19.4. The lowest BCUT2D eigenvalue weighted by atomic mass is 10.0. The minimum Gasteiger partial charge on any atom is -0.334 e. The monoisotopic (exact) mass is 530 g/mol. The Balaban J connectivity index is 1.86. The summed E-state index contributed by atoms with van der Waals surface area (Å²) in [6.45, 7) is 2.26. The molecule has 0 aliphatic carbocycles. The lowest BCUT2D eigenvalue weighted by molar-refractivity contribution is -1.05. The average molecular weight is 530 g/mol. The molecule has 1 aromatic carbocycles. The Bertz CT molecular complexity index is 1370. The summed E-state index contributed by atoms with van der Waals surface area (Å²) in [7, 11) is 0. The van der Waals surface area contributed by atoms with E-state index in [0.29, 0.717) is 4.90 Å². The number of carbonyl (C=O) groups excluding carboxylic acids is 3. The van der Waals surface area contributed by atoms with Crippen LogP contribution in [0.2, 0.25) is 0 Å². The predicted octanol–water partition coefficient (Wildman–Crippen LogP) is 4.51. The number of nitrogens with zero attached hydrogens (tertiary/aromatic N) is 4. The summed E-state index contributed by atoms with van der Waals surface area (Å²) in [4.78, 5) is 53.7. The molecule has 3 heterocycles. The third-order valence-corrected chi connectivity index (χ3v) is 5.71. The van der Waals surface area contributed by atoms with E-state index < -0.39 is 59.2 Å². The van der Waals surface area contributed by atoms with Crippen LogP contribution in [0.25, 0.3) is 11.0 Å². The Morgan fingerprint density at radius 3 is 2.32 bits per heavy atom. The number of aromatic amines is 1. The molecule has 9 nitrogen and oxygen atoms in total. The predicted molar refractivity (Wildman–Crippen MR) is 113 cm³/mol. The number of aromatic nitrogens is 3. The van der Waals surface area contributed by atoms with E-state index in [1.165, 1.54) is 38.4 Å². The van der Waals surface area contributed by atoms with Gasteiger partial charge in [0.05, 0.1) is 16.7 Å². The van der Waals surface area contributed by atoms with Crippen molar-refractivity contribution in [2.45, 2.75) is 38.8 Å². The third kappa shape index (κ3) is 4.61. The van der Waals surface area contributed by atoms with Gasteiger partial charge in [-0.2, -0.15) is 31.2 Å². The van der Waals surface area contributed by atoms with E-state index in [4.69, 9.17) is 4.84 Å². The fourth-order valence-corrected chi connectivity index (χ4v) is 4.22. The largest absolute Gasteiger partial charge is 0.497 e. The maximum Gasteiger partial charge on any atom is 0.497 e. The molecule has 1 aliphatic heterocycles. The van der Waals surface area contributed by atoms with Crippen molar-refractivity contribution in [2.75, 3.05) is 4.90 Å². The van der Waals surface area contributed by atoms with Gasteiger partial charge >= 0.3 is 30.3 Å². The number of imidazole rings is 1. The maximum absolute atomic E-state index is 13.7. The molecule has 4 rings (SSSR count). The van der Waals surface area contributed by atoms with Crippen molar-refractivity contribution in [3.05, 3.63) is 54.1 Å². The van der Waals surface area contributed by atoms with Crippen molar-refractivity contribution < 1.29 is 50.2 Å². The summed E-state index contributed by atoms with van der Waals surface area (Å²) in [5.74, 6) is -5.81. The molecular weight excluding hydrogens is 512 g/mol. The second-order valence-corrected chi connectivity index (χ2v) is 8.62. The van der Waals surface area contributed by atoms with Crippen LogP contribution in [-0.2, 0) is 27.1 Å². The number of anilines is 1. The molecule has 2 atom stereocenters. The fourth-order valence-electron chi connectivity index (χ4n) is 4.22. The van der Waals surface area contributed by atoms with Gasteiger partial charge in [-0.05, 0) is 35.0 Å². The lowest BCUT2D eigenvalue weighted by Gasteiger charge is -2.32. The van der Waals surface area contributed by atoms with Gasteiger partial charge in [0.15, 0.2) is 6.54 Å². The Kier molecular flexibility index (Phi) is 6.22. The molecule has 0 saturated carbocycles. The second-order valence-electron chi connectivity index (χ2n) is 8.62. The van der Waals surface area contributed by atoms with Crippen molar-refractivity contribution in [1.82, 2.24) is 15.0 Å². The molecule has 1 N–H and O–H groups in total. The number of hydroxylamine groups is 3. The Hall–Kier alpha value is -4.01. The van der Waals surface area contributed by atoms with Gasteiger partial charge in [0.25, 0.3) is 0 Å². The summed E-state index contributed by atoms with van der Waals surface area (Å²) >= 11 is 0. The molecule has 3 aromatic rings. The van der Waals surface area contributed by atoms with Crippen LogP contribution in [0.15, 0.2) is 42.7 Å². The van der Waals surface area contributed by atoms with E-state index >= 15 is 0 Å². The average Bonchev–Trinajstić information content (AvgIpc) is 3.31. The van der Waals surface area contributed by atoms with Crippen molar-refractivity contribution in [3.8, 4) is 0 Å². The Morgan fingerprint density at radius 2 is 1.76 bits per heavy atom. The molecule has 0 spiro atoms. The maximum atomic E-state index is 13.7. The second kappa shape index (κ2) is 8.83. The summed E-state index contributed by atoms with van der Waals surface area (Å²) in [6, 6.07) is 3.07. The van der Waals surface area contributed by atoms with E-state index in [0.717, 1.165) is 18.2 Å². The molecule has 0 radical (unpaired) electrons. The molecule has 37 heavy (non-hydrogen) atoms. The van der Waals surface area contributed by atoms with Crippen LogP contribution in [0.4, 0.5) is 36.8 Å². The first-order valence-corrected chi connectivity index (χ1v) is 10.7. The normalized spacial score (nSPS) is 20.8. The van der Waals surface area contributed by atoms with Gasteiger partial charge in [-0.25, -0.2) is 14.6 Å². The van der Waals surface area contributed by atoms with Gasteiger partial charge in [0.1, 0.15) is 0 Å². The molecule has 1 saturated heterocycles. The van der Waals surface area contributed by atoms with Crippen molar-refractivity contribution in [3.63, 3.8) is 0 Å². The van der Waals surface area contributed by atoms with E-state index in [1.807, 2.05) is 4.98 Å². The number of fused-ring (bicyclic) bond motifs is 1. The molecule has 1 aliphatic rings. The van der Waals surface area contributed by atoms with Crippen LogP contribution in [-0.4, -0.2) is 49.7 Å². The first-order chi connectivity index (χ1) is 17.1. The molecule has 2 unspecified atom stereocenters. The first-order valence-electron chi connectivity index (χ1n) is 10.7. The minimum atomic E-state index is -5.48. The zero-order chi connectivity index (χ0) is 27.3. The molecule has 3 amide bonds. The first kappa shape index (κ1) is 26.1. The van der Waals surface area contributed by atoms with Crippen LogP contribution in [0.3, 0.4) is 0 Å². The SMILES string of the molecule is CC(C)C1C(=O)N(c2ccc3nc(C(F)(F)F)[nH]c3c2)C(=O)[N+]1(Cc1ccncc1)OC(=O)C(F)(F)F. The Labute approximate surface area is 204 Å². The number of hydrogen-bond donors (Lipinski definition) is 1. The standard InChI is InChI=1S/C22H18F6N5O4/c1-11(2)16-17(34)32(13-3-4-14-15(9-13)31-18(30-14)21(23,24)25)20(36)33(16,37-19(35)22(26,27)28)10-12-5-7-29-8-6-12/h3-9,11,16H,10H2,1-2H3,(H,30,31)/q+1. The van der Waals surface area contributed by atoms with Crippen LogP contribution >= 0.6 is 0 Å².